The first kappa shape index (κ1) is 18.7. The molecule has 1 N–H and O–H groups in total. The van der Waals surface area contributed by atoms with E-state index < -0.39 is 6.61 Å². The highest BCUT2D eigenvalue weighted by molar-refractivity contribution is 5.70. The van der Waals surface area contributed by atoms with Gasteiger partial charge in [0.25, 0.3) is 0 Å². The van der Waals surface area contributed by atoms with Gasteiger partial charge in [0.05, 0.1) is 26.0 Å². The maximum absolute atomic E-state index is 12.8. The molecule has 0 atom stereocenters. The van der Waals surface area contributed by atoms with Gasteiger partial charge in [-0.3, -0.25) is 0 Å². The molecule has 0 aliphatic rings. The second kappa shape index (κ2) is 8.54. The smallest absolute Gasteiger partial charge is 0.388 e. The van der Waals surface area contributed by atoms with Gasteiger partial charge in [-0.15, -0.1) is 5.10 Å². The maximum atomic E-state index is 12.8. The van der Waals surface area contributed by atoms with Crippen molar-refractivity contribution in [1.82, 2.24) is 20.0 Å². The lowest BCUT2D eigenvalue weighted by molar-refractivity contribution is -0.0524. The molecule has 7 nitrogen and oxygen atoms in total. The SMILES string of the molecule is CCOc1cccc(-c2cc(Cn3cc(CO)nn3)cnc2OC(F)F)c1. The maximum Gasteiger partial charge on any atom is 0.388 e. The minimum Gasteiger partial charge on any atom is -0.494 e. The average Bonchev–Trinajstić information content (AvgIpc) is 3.11. The molecule has 3 aromatic rings. The lowest BCUT2D eigenvalue weighted by atomic mass is 10.0. The lowest BCUT2D eigenvalue weighted by Gasteiger charge is -2.13. The fourth-order valence-electron chi connectivity index (χ4n) is 2.56. The van der Waals surface area contributed by atoms with Crippen molar-refractivity contribution in [1.29, 1.82) is 0 Å². The van der Waals surface area contributed by atoms with Crippen LogP contribution in [0.1, 0.15) is 18.2 Å². The van der Waals surface area contributed by atoms with E-state index in [-0.39, 0.29) is 12.5 Å². The summed E-state index contributed by atoms with van der Waals surface area (Å²) in [6, 6.07) is 8.76. The van der Waals surface area contributed by atoms with Gasteiger partial charge in [-0.1, -0.05) is 17.3 Å². The van der Waals surface area contributed by atoms with Crippen LogP contribution in [-0.2, 0) is 13.2 Å². The first-order chi connectivity index (χ1) is 13.1. The molecule has 9 heteroatoms. The van der Waals surface area contributed by atoms with Crippen LogP contribution in [0.3, 0.4) is 0 Å². The number of halogens is 2. The zero-order valence-electron chi connectivity index (χ0n) is 14.5. The van der Waals surface area contributed by atoms with E-state index in [1.165, 1.54) is 10.9 Å². The Kier molecular flexibility index (Phi) is 5.92. The molecule has 27 heavy (non-hydrogen) atoms. The number of aliphatic hydroxyl groups is 1. The van der Waals surface area contributed by atoms with Crippen molar-refractivity contribution in [2.45, 2.75) is 26.7 Å². The number of nitrogens with zero attached hydrogens (tertiary/aromatic N) is 4. The summed E-state index contributed by atoms with van der Waals surface area (Å²) in [6.45, 7) is -0.539. The second-order valence-corrected chi connectivity index (χ2v) is 5.60. The Balaban J connectivity index is 1.96. The van der Waals surface area contributed by atoms with Gasteiger partial charge in [-0.05, 0) is 36.2 Å². The molecule has 0 aliphatic heterocycles. The van der Waals surface area contributed by atoms with E-state index in [4.69, 9.17) is 9.84 Å². The first-order valence-electron chi connectivity index (χ1n) is 8.26. The van der Waals surface area contributed by atoms with Crippen LogP contribution in [0.2, 0.25) is 0 Å². The number of hydrogen-bond donors (Lipinski definition) is 1. The summed E-state index contributed by atoms with van der Waals surface area (Å²) in [4.78, 5) is 4.04. The second-order valence-electron chi connectivity index (χ2n) is 5.60. The van der Waals surface area contributed by atoms with Crippen molar-refractivity contribution < 1.29 is 23.4 Å². The van der Waals surface area contributed by atoms with E-state index in [1.54, 1.807) is 36.5 Å². The Bertz CT molecular complexity index is 902. The topological polar surface area (TPSA) is 82.3 Å². The predicted molar refractivity (Wildman–Crippen MR) is 92.5 cm³/mol. The fourth-order valence-corrected chi connectivity index (χ4v) is 2.56. The van der Waals surface area contributed by atoms with Crippen molar-refractivity contribution >= 4 is 0 Å². The van der Waals surface area contributed by atoms with Gasteiger partial charge in [-0.25, -0.2) is 9.67 Å². The summed E-state index contributed by atoms with van der Waals surface area (Å²) in [7, 11) is 0. The number of rotatable bonds is 8. The first-order valence-corrected chi connectivity index (χ1v) is 8.26. The molecule has 0 radical (unpaired) electrons. The van der Waals surface area contributed by atoms with E-state index in [9.17, 15) is 8.78 Å². The number of alkyl halides is 2. The minimum atomic E-state index is -2.99. The molecule has 142 valence electrons. The molecule has 0 amide bonds. The summed E-state index contributed by atoms with van der Waals surface area (Å²) >= 11 is 0. The molecule has 1 aromatic carbocycles. The monoisotopic (exact) mass is 376 g/mol. The van der Waals surface area contributed by atoms with Crippen LogP contribution >= 0.6 is 0 Å². The van der Waals surface area contributed by atoms with Crippen LogP contribution in [0.4, 0.5) is 8.78 Å². The van der Waals surface area contributed by atoms with E-state index in [0.717, 1.165) is 0 Å². The third-order valence-corrected chi connectivity index (χ3v) is 3.66. The molecule has 2 heterocycles. The standard InChI is InChI=1S/C18H18F2N4O3/c1-2-26-15-5-3-4-13(7-15)16-6-12(8-21-17(16)27-18(19)20)9-24-10-14(11-25)22-23-24/h3-8,10,18,25H,2,9,11H2,1H3. The molecule has 0 saturated heterocycles. The highest BCUT2D eigenvalue weighted by Crippen LogP contribution is 2.32. The van der Waals surface area contributed by atoms with E-state index >= 15 is 0 Å². The number of pyridine rings is 1. The molecule has 0 aliphatic carbocycles. The zero-order valence-corrected chi connectivity index (χ0v) is 14.5. The Labute approximate surface area is 154 Å². The Hall–Kier alpha value is -3.07. The molecular weight excluding hydrogens is 358 g/mol. The summed E-state index contributed by atoms with van der Waals surface area (Å²) in [5, 5.41) is 16.8. The van der Waals surface area contributed by atoms with Gasteiger partial charge < -0.3 is 14.6 Å². The third kappa shape index (κ3) is 4.76. The van der Waals surface area contributed by atoms with Gasteiger partial charge in [0, 0.05) is 11.8 Å². The van der Waals surface area contributed by atoms with E-state index in [2.05, 4.69) is 20.0 Å². The summed E-state index contributed by atoms with van der Waals surface area (Å²) in [6.07, 6.45) is 3.03. The van der Waals surface area contributed by atoms with Gasteiger partial charge in [0.2, 0.25) is 5.88 Å². The van der Waals surface area contributed by atoms with E-state index in [1.807, 2.05) is 6.92 Å². The van der Waals surface area contributed by atoms with Crippen molar-refractivity contribution in [3.8, 4) is 22.8 Å². The highest BCUT2D eigenvalue weighted by Gasteiger charge is 2.15. The largest absolute Gasteiger partial charge is 0.494 e. The van der Waals surface area contributed by atoms with Crippen molar-refractivity contribution in [3.05, 3.63) is 54.0 Å². The number of aromatic nitrogens is 4. The van der Waals surface area contributed by atoms with Crippen molar-refractivity contribution in [2.24, 2.45) is 0 Å². The number of ether oxygens (including phenoxy) is 2. The number of aliphatic hydroxyl groups excluding tert-OH is 1. The highest BCUT2D eigenvalue weighted by atomic mass is 19.3. The minimum absolute atomic E-state index is 0.169. The van der Waals surface area contributed by atoms with Crippen LogP contribution in [0, 0.1) is 0 Å². The van der Waals surface area contributed by atoms with Gasteiger partial charge in [-0.2, -0.15) is 8.78 Å². The third-order valence-electron chi connectivity index (χ3n) is 3.66. The van der Waals surface area contributed by atoms with Gasteiger partial charge in [0.15, 0.2) is 0 Å². The van der Waals surface area contributed by atoms with Gasteiger partial charge in [0.1, 0.15) is 11.4 Å². The van der Waals surface area contributed by atoms with Crippen molar-refractivity contribution in [2.75, 3.05) is 6.61 Å². The predicted octanol–water partition coefficient (Wildman–Crippen LogP) is 2.88. The normalized spacial score (nSPS) is 11.0. The van der Waals surface area contributed by atoms with Crippen molar-refractivity contribution in [3.63, 3.8) is 0 Å². The molecule has 0 fully saturated rings. The number of benzene rings is 1. The number of hydrogen-bond acceptors (Lipinski definition) is 6. The Morgan fingerprint density at radius 2 is 2.11 bits per heavy atom. The quantitative estimate of drug-likeness (QED) is 0.651. The molecular formula is C18H18F2N4O3. The lowest BCUT2D eigenvalue weighted by Crippen LogP contribution is -2.07. The van der Waals surface area contributed by atoms with Crippen LogP contribution in [0.5, 0.6) is 11.6 Å². The van der Waals surface area contributed by atoms with Crippen LogP contribution in [0.25, 0.3) is 11.1 Å². The summed E-state index contributed by atoms with van der Waals surface area (Å²) < 4.78 is 37.1. The zero-order chi connectivity index (χ0) is 19.2. The molecule has 3 rings (SSSR count). The molecule has 0 saturated carbocycles. The molecule has 0 spiro atoms. The molecule has 2 aromatic heterocycles. The Morgan fingerprint density at radius 3 is 2.81 bits per heavy atom. The Morgan fingerprint density at radius 1 is 1.26 bits per heavy atom. The van der Waals surface area contributed by atoms with Crippen LogP contribution in [-0.4, -0.2) is 38.3 Å². The van der Waals surface area contributed by atoms with E-state index in [0.29, 0.717) is 41.3 Å². The summed E-state index contributed by atoms with van der Waals surface area (Å²) in [5.74, 6) is 0.448. The van der Waals surface area contributed by atoms with Crippen LogP contribution < -0.4 is 9.47 Å². The summed E-state index contributed by atoms with van der Waals surface area (Å²) in [5.41, 5.74) is 2.20. The average molecular weight is 376 g/mol. The fraction of sp³-hybridized carbons (Fsp3) is 0.278. The molecule has 0 bridgehead atoms. The van der Waals surface area contributed by atoms with Crippen LogP contribution in [0.15, 0.2) is 42.7 Å². The van der Waals surface area contributed by atoms with Gasteiger partial charge >= 0.3 is 6.61 Å². The molecule has 0 unspecified atom stereocenters.